The first-order valence-corrected chi connectivity index (χ1v) is 7.99. The molecular formula is C13H18FNO2S. The maximum absolute atomic E-state index is 13.9. The van der Waals surface area contributed by atoms with Crippen LogP contribution in [0.5, 0.6) is 0 Å². The van der Waals surface area contributed by atoms with Crippen LogP contribution in [0.2, 0.25) is 0 Å². The van der Waals surface area contributed by atoms with Crippen LogP contribution in [0.15, 0.2) is 23.1 Å². The predicted octanol–water partition coefficient (Wildman–Crippen LogP) is 2.00. The summed E-state index contributed by atoms with van der Waals surface area (Å²) in [6, 6.07) is 4.46. The molecule has 0 bridgehead atoms. The third-order valence-corrected chi connectivity index (χ3v) is 5.02. The molecule has 1 fully saturated rings. The zero-order valence-corrected chi connectivity index (χ0v) is 11.3. The van der Waals surface area contributed by atoms with Gasteiger partial charge in [-0.2, -0.15) is 0 Å². The Bertz CT molecular complexity index is 548. The van der Waals surface area contributed by atoms with Gasteiger partial charge in [-0.1, -0.05) is 25.0 Å². The minimum Gasteiger partial charge on any atom is -0.330 e. The molecule has 1 aliphatic carbocycles. The van der Waals surface area contributed by atoms with Crippen molar-refractivity contribution in [1.29, 1.82) is 0 Å². The summed E-state index contributed by atoms with van der Waals surface area (Å²) in [5.41, 5.74) is 6.03. The van der Waals surface area contributed by atoms with Gasteiger partial charge in [0, 0.05) is 18.2 Å². The summed E-state index contributed by atoms with van der Waals surface area (Å²) in [4.78, 5) is -0.169. The van der Waals surface area contributed by atoms with Gasteiger partial charge in [-0.3, -0.25) is 0 Å². The summed E-state index contributed by atoms with van der Waals surface area (Å²) in [7, 11) is -3.58. The van der Waals surface area contributed by atoms with Crippen molar-refractivity contribution in [3.8, 4) is 0 Å². The molecule has 0 aromatic heterocycles. The molecule has 1 aromatic carbocycles. The van der Waals surface area contributed by atoms with E-state index >= 15 is 0 Å². The molecule has 2 N–H and O–H groups in total. The van der Waals surface area contributed by atoms with E-state index in [9.17, 15) is 12.8 Å². The first-order chi connectivity index (χ1) is 8.41. The summed E-state index contributed by atoms with van der Waals surface area (Å²) in [5.74, 6) is -0.672. The van der Waals surface area contributed by atoms with Crippen LogP contribution in [0.25, 0.3) is 0 Å². The third kappa shape index (κ3) is 2.17. The molecule has 0 heterocycles. The maximum atomic E-state index is 13.9. The van der Waals surface area contributed by atoms with Gasteiger partial charge in [0.25, 0.3) is 0 Å². The largest absolute Gasteiger partial charge is 0.330 e. The van der Waals surface area contributed by atoms with Crippen LogP contribution >= 0.6 is 0 Å². The second-order valence-electron chi connectivity index (χ2n) is 5.08. The van der Waals surface area contributed by atoms with E-state index in [0.717, 1.165) is 31.9 Å². The highest BCUT2D eigenvalue weighted by Gasteiger charge is 2.38. The molecule has 0 amide bonds. The lowest BCUT2D eigenvalue weighted by molar-refractivity contribution is 0.434. The Kier molecular flexibility index (Phi) is 3.47. The topological polar surface area (TPSA) is 60.2 Å². The molecule has 0 radical (unpaired) electrons. The Balaban J connectivity index is 2.68. The van der Waals surface area contributed by atoms with E-state index < -0.39 is 15.7 Å². The highest BCUT2D eigenvalue weighted by molar-refractivity contribution is 7.90. The Morgan fingerprint density at radius 1 is 1.33 bits per heavy atom. The zero-order chi connectivity index (χ0) is 13.4. The summed E-state index contributed by atoms with van der Waals surface area (Å²) in [6.45, 7) is 0.360. The molecule has 2 rings (SSSR count). The average molecular weight is 271 g/mol. The smallest absolute Gasteiger partial charge is 0.178 e. The molecule has 0 unspecified atom stereocenters. The quantitative estimate of drug-likeness (QED) is 0.914. The van der Waals surface area contributed by atoms with Crippen molar-refractivity contribution in [3.63, 3.8) is 0 Å². The van der Waals surface area contributed by atoms with E-state index in [1.54, 1.807) is 12.1 Å². The van der Waals surface area contributed by atoms with Crippen molar-refractivity contribution in [2.75, 3.05) is 12.8 Å². The second kappa shape index (κ2) is 4.63. The maximum Gasteiger partial charge on any atom is 0.178 e. The predicted molar refractivity (Wildman–Crippen MR) is 68.7 cm³/mol. The molecule has 1 aromatic rings. The molecule has 3 nitrogen and oxygen atoms in total. The molecule has 5 heteroatoms. The molecule has 18 heavy (non-hydrogen) atoms. The van der Waals surface area contributed by atoms with Gasteiger partial charge in [0.2, 0.25) is 0 Å². The van der Waals surface area contributed by atoms with Gasteiger partial charge in [0.1, 0.15) is 10.7 Å². The van der Waals surface area contributed by atoms with Gasteiger partial charge in [0.05, 0.1) is 0 Å². The Morgan fingerprint density at radius 2 is 1.94 bits per heavy atom. The van der Waals surface area contributed by atoms with Gasteiger partial charge >= 0.3 is 0 Å². The van der Waals surface area contributed by atoms with E-state index in [4.69, 9.17) is 5.73 Å². The van der Waals surface area contributed by atoms with Crippen LogP contribution in [-0.4, -0.2) is 21.2 Å². The van der Waals surface area contributed by atoms with Crippen LogP contribution in [0.1, 0.15) is 31.2 Å². The molecule has 0 saturated heterocycles. The summed E-state index contributed by atoms with van der Waals surface area (Å²) >= 11 is 0. The number of hydrogen-bond acceptors (Lipinski definition) is 3. The molecule has 0 aliphatic heterocycles. The number of hydrogen-bond donors (Lipinski definition) is 1. The van der Waals surface area contributed by atoms with Crippen LogP contribution in [0.4, 0.5) is 4.39 Å². The van der Waals surface area contributed by atoms with Gasteiger partial charge < -0.3 is 5.73 Å². The van der Waals surface area contributed by atoms with Crippen molar-refractivity contribution in [3.05, 3.63) is 29.6 Å². The highest BCUT2D eigenvalue weighted by atomic mass is 32.2. The fourth-order valence-electron chi connectivity index (χ4n) is 2.94. The van der Waals surface area contributed by atoms with Crippen LogP contribution in [0.3, 0.4) is 0 Å². The third-order valence-electron chi connectivity index (χ3n) is 3.86. The van der Waals surface area contributed by atoms with Crippen molar-refractivity contribution >= 4 is 9.84 Å². The van der Waals surface area contributed by atoms with Crippen molar-refractivity contribution in [2.45, 2.75) is 36.0 Å². The molecule has 0 atom stereocenters. The van der Waals surface area contributed by atoms with Gasteiger partial charge in [-0.15, -0.1) is 0 Å². The second-order valence-corrected chi connectivity index (χ2v) is 7.03. The lowest BCUT2D eigenvalue weighted by Crippen LogP contribution is -2.33. The van der Waals surface area contributed by atoms with Crippen molar-refractivity contribution in [1.82, 2.24) is 0 Å². The fraction of sp³-hybridized carbons (Fsp3) is 0.538. The Morgan fingerprint density at radius 3 is 2.44 bits per heavy atom. The van der Waals surface area contributed by atoms with E-state index in [0.29, 0.717) is 12.1 Å². The normalized spacial score (nSPS) is 19.1. The number of halogens is 1. The summed E-state index contributed by atoms with van der Waals surface area (Å²) in [5, 5.41) is 0. The van der Waals surface area contributed by atoms with E-state index in [1.165, 1.54) is 6.07 Å². The minimum atomic E-state index is -3.58. The fourth-order valence-corrected chi connectivity index (χ4v) is 4.04. The van der Waals surface area contributed by atoms with E-state index in [-0.39, 0.29) is 10.3 Å². The van der Waals surface area contributed by atoms with Gasteiger partial charge in [-0.05, 0) is 24.5 Å². The first-order valence-electron chi connectivity index (χ1n) is 6.10. The lowest BCUT2D eigenvalue weighted by atomic mass is 9.79. The average Bonchev–Trinajstić information content (AvgIpc) is 2.76. The first kappa shape index (κ1) is 13.5. The Labute approximate surface area is 107 Å². The summed E-state index contributed by atoms with van der Waals surface area (Å²) in [6.07, 6.45) is 4.73. The van der Waals surface area contributed by atoms with Gasteiger partial charge in [-0.25, -0.2) is 12.8 Å². The lowest BCUT2D eigenvalue weighted by Gasteiger charge is -2.29. The highest BCUT2D eigenvalue weighted by Crippen LogP contribution is 2.43. The minimum absolute atomic E-state index is 0.169. The number of sulfone groups is 1. The SMILES string of the molecule is CS(=O)(=O)c1c(F)cccc1C1(CN)CCCC1. The standard InChI is InChI=1S/C13H18FNO2S/c1-18(16,17)12-10(5-4-6-11(12)14)13(9-15)7-2-3-8-13/h4-6H,2-3,7-9,15H2,1H3. The van der Waals surface area contributed by atoms with Crippen molar-refractivity contribution in [2.24, 2.45) is 5.73 Å². The van der Waals surface area contributed by atoms with Crippen LogP contribution < -0.4 is 5.73 Å². The molecule has 1 saturated carbocycles. The van der Waals surface area contributed by atoms with Crippen LogP contribution in [-0.2, 0) is 15.3 Å². The summed E-state index contributed by atoms with van der Waals surface area (Å²) < 4.78 is 37.5. The van der Waals surface area contributed by atoms with Crippen LogP contribution in [0, 0.1) is 5.82 Å². The molecule has 0 spiro atoms. The van der Waals surface area contributed by atoms with Crippen molar-refractivity contribution < 1.29 is 12.8 Å². The monoisotopic (exact) mass is 271 g/mol. The van der Waals surface area contributed by atoms with E-state index in [2.05, 4.69) is 0 Å². The molecular weight excluding hydrogens is 253 g/mol. The van der Waals surface area contributed by atoms with Gasteiger partial charge in [0.15, 0.2) is 9.84 Å². The molecule has 100 valence electrons. The zero-order valence-electron chi connectivity index (χ0n) is 10.4. The number of nitrogens with two attached hydrogens (primary N) is 1. The number of benzene rings is 1. The number of rotatable bonds is 3. The molecule has 1 aliphatic rings. The Hall–Kier alpha value is -0.940. The van der Waals surface area contributed by atoms with E-state index in [1.807, 2.05) is 0 Å².